The predicted molar refractivity (Wildman–Crippen MR) is 129 cm³/mol. The maximum atomic E-state index is 12.3. The molecule has 3 N–H and O–H groups in total. The molecular weight excluding hydrogens is 418 g/mol. The summed E-state index contributed by atoms with van der Waals surface area (Å²) in [5.41, 5.74) is 5.84. The number of hydrogen-bond acceptors (Lipinski definition) is 4. The van der Waals surface area contributed by atoms with Crippen molar-refractivity contribution in [3.05, 3.63) is 89.8 Å². The van der Waals surface area contributed by atoms with Crippen LogP contribution in [0.1, 0.15) is 5.56 Å². The normalized spacial score (nSPS) is 10.6. The van der Waals surface area contributed by atoms with E-state index in [-0.39, 0.29) is 6.03 Å². The Bertz CT molecular complexity index is 1430. The van der Waals surface area contributed by atoms with Crippen LogP contribution in [0.3, 0.4) is 0 Å². The number of aromatic amines is 1. The lowest BCUT2D eigenvalue weighted by atomic mass is 10.1. The lowest BCUT2D eigenvalue weighted by molar-refractivity contribution is 0.262. The van der Waals surface area contributed by atoms with Crippen molar-refractivity contribution in [2.75, 3.05) is 10.6 Å². The molecule has 5 rings (SSSR count). The van der Waals surface area contributed by atoms with E-state index >= 15 is 0 Å². The lowest BCUT2D eigenvalue weighted by Gasteiger charge is -2.08. The van der Waals surface area contributed by atoms with Crippen molar-refractivity contribution in [3.63, 3.8) is 0 Å². The van der Waals surface area contributed by atoms with E-state index in [9.17, 15) is 4.79 Å². The van der Waals surface area contributed by atoms with Crippen molar-refractivity contribution in [2.24, 2.45) is 0 Å². The van der Waals surface area contributed by atoms with Crippen LogP contribution in [-0.4, -0.2) is 16.0 Å². The number of aromatic nitrogens is 2. The molecular formula is C25H17N5OS. The molecule has 0 saturated carbocycles. The van der Waals surface area contributed by atoms with Gasteiger partial charge in [-0.05, 0) is 65.0 Å². The Kier molecular flexibility index (Phi) is 5.12. The van der Waals surface area contributed by atoms with Gasteiger partial charge in [-0.3, -0.25) is 0 Å². The van der Waals surface area contributed by atoms with Gasteiger partial charge in [0.25, 0.3) is 0 Å². The smallest absolute Gasteiger partial charge is 0.323 e. The van der Waals surface area contributed by atoms with E-state index in [0.29, 0.717) is 16.9 Å². The van der Waals surface area contributed by atoms with Crippen molar-refractivity contribution in [2.45, 2.75) is 0 Å². The van der Waals surface area contributed by atoms with Crippen LogP contribution in [-0.2, 0) is 0 Å². The summed E-state index contributed by atoms with van der Waals surface area (Å²) < 4.78 is 0. The molecule has 0 radical (unpaired) electrons. The largest absolute Gasteiger partial charge is 0.337 e. The molecule has 0 fully saturated rings. The van der Waals surface area contributed by atoms with Crippen LogP contribution in [0.25, 0.3) is 32.9 Å². The first kappa shape index (κ1) is 19.5. The zero-order valence-corrected chi connectivity index (χ0v) is 17.6. The first-order valence-corrected chi connectivity index (χ1v) is 10.8. The third-order valence-electron chi connectivity index (χ3n) is 4.95. The SMILES string of the molecule is N#Cc1cccc(NC(=O)Nc2ccc(-c3csc(-c4nc5ccccc5[nH]4)c3)cc2)c1. The highest BCUT2D eigenvalue weighted by atomic mass is 32.1. The minimum absolute atomic E-state index is 0.365. The Morgan fingerprint density at radius 2 is 1.72 bits per heavy atom. The number of carbonyl (C=O) groups is 1. The second-order valence-electron chi connectivity index (χ2n) is 7.15. The fraction of sp³-hybridized carbons (Fsp3) is 0. The third-order valence-corrected chi connectivity index (χ3v) is 5.88. The molecule has 154 valence electrons. The van der Waals surface area contributed by atoms with Crippen molar-refractivity contribution in [1.82, 2.24) is 9.97 Å². The van der Waals surface area contributed by atoms with Crippen LogP contribution in [0.15, 0.2) is 84.2 Å². The van der Waals surface area contributed by atoms with Crippen molar-refractivity contribution in [3.8, 4) is 27.9 Å². The van der Waals surface area contributed by atoms with E-state index in [1.165, 1.54) is 0 Å². The van der Waals surface area contributed by atoms with Crippen LogP contribution in [0.4, 0.5) is 16.2 Å². The van der Waals surface area contributed by atoms with E-state index in [0.717, 1.165) is 32.9 Å². The number of amides is 2. The van der Waals surface area contributed by atoms with E-state index in [2.05, 4.69) is 38.1 Å². The number of nitrogens with one attached hydrogen (secondary N) is 3. The summed E-state index contributed by atoms with van der Waals surface area (Å²) in [4.78, 5) is 21.3. The average Bonchev–Trinajstić information content (AvgIpc) is 3.47. The number of imidazole rings is 1. The van der Waals surface area contributed by atoms with E-state index in [1.807, 2.05) is 48.5 Å². The summed E-state index contributed by atoms with van der Waals surface area (Å²) in [6.07, 6.45) is 0. The van der Waals surface area contributed by atoms with E-state index in [1.54, 1.807) is 35.6 Å². The number of anilines is 2. The van der Waals surface area contributed by atoms with Crippen LogP contribution < -0.4 is 10.6 Å². The van der Waals surface area contributed by atoms with Gasteiger partial charge in [0.2, 0.25) is 0 Å². The predicted octanol–water partition coefficient (Wildman–Crippen LogP) is 6.47. The Balaban J connectivity index is 1.27. The van der Waals surface area contributed by atoms with Gasteiger partial charge in [0.1, 0.15) is 5.82 Å². The maximum absolute atomic E-state index is 12.3. The van der Waals surface area contributed by atoms with Crippen LogP contribution >= 0.6 is 11.3 Å². The molecule has 2 aromatic heterocycles. The highest BCUT2D eigenvalue weighted by Gasteiger charge is 2.10. The second-order valence-corrected chi connectivity index (χ2v) is 8.06. The van der Waals surface area contributed by atoms with Gasteiger partial charge in [0, 0.05) is 11.4 Å². The molecule has 3 aromatic carbocycles. The van der Waals surface area contributed by atoms with E-state index in [4.69, 9.17) is 5.26 Å². The van der Waals surface area contributed by atoms with Crippen molar-refractivity contribution < 1.29 is 4.79 Å². The maximum Gasteiger partial charge on any atom is 0.323 e. The summed E-state index contributed by atoms with van der Waals surface area (Å²) in [6, 6.07) is 26.2. The van der Waals surface area contributed by atoms with E-state index < -0.39 is 0 Å². The van der Waals surface area contributed by atoms with Crippen LogP contribution in [0.5, 0.6) is 0 Å². The minimum Gasteiger partial charge on any atom is -0.337 e. The monoisotopic (exact) mass is 435 g/mol. The van der Waals surface area contributed by atoms with Crippen molar-refractivity contribution >= 4 is 39.8 Å². The molecule has 0 saturated heterocycles. The second kappa shape index (κ2) is 8.38. The third kappa shape index (κ3) is 4.08. The molecule has 5 aromatic rings. The molecule has 0 aliphatic rings. The molecule has 0 bridgehead atoms. The zero-order valence-electron chi connectivity index (χ0n) is 16.8. The number of para-hydroxylation sites is 2. The summed E-state index contributed by atoms with van der Waals surface area (Å²) in [5.74, 6) is 0.859. The molecule has 0 spiro atoms. The van der Waals surface area contributed by atoms with Gasteiger partial charge in [0.05, 0.1) is 27.5 Å². The molecule has 2 amide bonds. The number of carbonyl (C=O) groups excluding carboxylic acids is 1. The summed E-state index contributed by atoms with van der Waals surface area (Å²) in [5, 5.41) is 16.6. The summed E-state index contributed by atoms with van der Waals surface area (Å²) in [6.45, 7) is 0. The number of nitriles is 1. The van der Waals surface area contributed by atoms with Gasteiger partial charge < -0.3 is 15.6 Å². The Morgan fingerprint density at radius 3 is 2.53 bits per heavy atom. The van der Waals surface area contributed by atoms with Gasteiger partial charge in [-0.1, -0.05) is 30.3 Å². The molecule has 0 aliphatic carbocycles. The summed E-state index contributed by atoms with van der Waals surface area (Å²) >= 11 is 1.64. The van der Waals surface area contributed by atoms with Gasteiger partial charge >= 0.3 is 6.03 Å². The average molecular weight is 436 g/mol. The first-order valence-electron chi connectivity index (χ1n) is 9.90. The number of rotatable bonds is 4. The Hall–Kier alpha value is -4.41. The molecule has 0 aliphatic heterocycles. The fourth-order valence-corrected chi connectivity index (χ4v) is 4.25. The standard InChI is InChI=1S/C25H17N5OS/c26-14-16-4-3-5-20(12-16)28-25(31)27-19-10-8-17(9-11-19)18-13-23(32-15-18)24-29-21-6-1-2-7-22(21)30-24/h1-13,15H,(H,29,30)(H2,27,28,31). The quantitative estimate of drug-likeness (QED) is 0.302. The van der Waals surface area contributed by atoms with Gasteiger partial charge in [-0.25, -0.2) is 9.78 Å². The van der Waals surface area contributed by atoms with Gasteiger partial charge in [0.15, 0.2) is 0 Å². The summed E-state index contributed by atoms with van der Waals surface area (Å²) in [7, 11) is 0. The van der Waals surface area contributed by atoms with Crippen molar-refractivity contribution in [1.29, 1.82) is 5.26 Å². The number of hydrogen-bond donors (Lipinski definition) is 3. The molecule has 32 heavy (non-hydrogen) atoms. The molecule has 0 unspecified atom stereocenters. The van der Waals surface area contributed by atoms with Crippen LogP contribution in [0, 0.1) is 11.3 Å². The topological polar surface area (TPSA) is 93.6 Å². The number of nitrogens with zero attached hydrogens (tertiary/aromatic N) is 2. The minimum atomic E-state index is -0.365. The fourth-order valence-electron chi connectivity index (χ4n) is 3.39. The highest BCUT2D eigenvalue weighted by molar-refractivity contribution is 7.13. The molecule has 0 atom stereocenters. The molecule has 2 heterocycles. The number of H-pyrrole nitrogens is 1. The highest BCUT2D eigenvalue weighted by Crippen LogP contribution is 2.32. The lowest BCUT2D eigenvalue weighted by Crippen LogP contribution is -2.19. The molecule has 6 nitrogen and oxygen atoms in total. The number of thiophene rings is 1. The number of benzene rings is 3. The first-order chi connectivity index (χ1) is 15.7. The van der Waals surface area contributed by atoms with Gasteiger partial charge in [-0.2, -0.15) is 5.26 Å². The number of fused-ring (bicyclic) bond motifs is 1. The van der Waals surface area contributed by atoms with Gasteiger partial charge in [-0.15, -0.1) is 11.3 Å². The Morgan fingerprint density at radius 1 is 0.906 bits per heavy atom. The number of urea groups is 1. The molecule has 7 heteroatoms. The Labute approximate surface area is 188 Å². The zero-order chi connectivity index (χ0) is 21.9. The van der Waals surface area contributed by atoms with Crippen LogP contribution in [0.2, 0.25) is 0 Å².